The normalized spacial score (nSPS) is 18.4. The molecule has 0 radical (unpaired) electrons. The van der Waals surface area contributed by atoms with Gasteiger partial charge in [-0.15, -0.1) is 12.4 Å². The number of likely N-dealkylation sites (N-methyl/N-ethyl adjacent to an activating group) is 1. The molecule has 2 N–H and O–H groups in total. The number of pyridine rings is 1. The topological polar surface area (TPSA) is 91.0 Å². The molecule has 150 valence electrons. The van der Waals surface area contributed by atoms with Crippen molar-refractivity contribution in [2.45, 2.75) is 44.1 Å². The highest BCUT2D eigenvalue weighted by Gasteiger charge is 2.44. The van der Waals surface area contributed by atoms with E-state index in [1.54, 1.807) is 19.4 Å². The van der Waals surface area contributed by atoms with E-state index in [0.717, 1.165) is 42.5 Å². The number of H-pyrrole nitrogens is 1. The molecular weight excluding hydrogens is 378 g/mol. The number of hydrogen-bond acceptors (Lipinski definition) is 5. The van der Waals surface area contributed by atoms with Gasteiger partial charge in [0.2, 0.25) is 5.91 Å². The summed E-state index contributed by atoms with van der Waals surface area (Å²) >= 11 is 0. The number of fused-ring (bicyclic) bond motifs is 2. The second-order valence-corrected chi connectivity index (χ2v) is 7.60. The third-order valence-corrected chi connectivity index (χ3v) is 6.14. The van der Waals surface area contributed by atoms with Crippen LogP contribution in [0.2, 0.25) is 0 Å². The first-order chi connectivity index (χ1) is 13.0. The van der Waals surface area contributed by atoms with E-state index < -0.39 is 0 Å². The molecule has 1 fully saturated rings. The quantitative estimate of drug-likeness (QED) is 0.813. The summed E-state index contributed by atoms with van der Waals surface area (Å²) in [6.45, 7) is 3.31. The van der Waals surface area contributed by atoms with Crippen molar-refractivity contribution in [3.63, 3.8) is 0 Å². The van der Waals surface area contributed by atoms with Crippen LogP contribution in [0.3, 0.4) is 0 Å². The maximum absolute atomic E-state index is 12.6. The standard InChI is InChI=1S/C20H25N5O2.ClH/c1-13(21-2)19(27)25-10-7-20(8-11-25)6-5-15-16(20)23-17(24-18(15)26)14-4-3-9-22-12-14;/h3-4,9,12-13,21H,5-8,10-11H2,1-2H3,(H,23,24,26);1H/t13-;/m0./s1. The number of halogens is 1. The Labute approximate surface area is 170 Å². The zero-order chi connectivity index (χ0) is 19.0. The number of amides is 1. The number of aromatic amines is 1. The Balaban J connectivity index is 0.00000225. The lowest BCUT2D eigenvalue weighted by atomic mass is 9.76. The summed E-state index contributed by atoms with van der Waals surface area (Å²) in [7, 11) is 1.80. The number of carbonyl (C=O) groups is 1. The van der Waals surface area contributed by atoms with Gasteiger partial charge in [-0.2, -0.15) is 0 Å². The van der Waals surface area contributed by atoms with Crippen molar-refractivity contribution < 1.29 is 4.79 Å². The molecule has 0 aromatic carbocycles. The summed E-state index contributed by atoms with van der Waals surface area (Å²) < 4.78 is 0. The molecule has 0 bridgehead atoms. The van der Waals surface area contributed by atoms with Gasteiger partial charge in [-0.25, -0.2) is 4.98 Å². The van der Waals surface area contributed by atoms with Crippen molar-refractivity contribution in [1.82, 2.24) is 25.2 Å². The second kappa shape index (κ2) is 8.01. The van der Waals surface area contributed by atoms with E-state index in [4.69, 9.17) is 4.98 Å². The Kier molecular flexibility index (Phi) is 5.86. The lowest BCUT2D eigenvalue weighted by Gasteiger charge is -2.40. The average molecular weight is 404 g/mol. The van der Waals surface area contributed by atoms with Crippen molar-refractivity contribution >= 4 is 18.3 Å². The fraction of sp³-hybridized carbons (Fsp3) is 0.500. The van der Waals surface area contributed by atoms with Gasteiger partial charge in [0.15, 0.2) is 0 Å². The predicted octanol–water partition coefficient (Wildman–Crippen LogP) is 1.67. The van der Waals surface area contributed by atoms with Crippen LogP contribution in [0, 0.1) is 0 Å². The molecule has 1 saturated heterocycles. The SMILES string of the molecule is CN[C@@H](C)C(=O)N1CCC2(CCc3c2nc(-c2cccnc2)[nH]c3=O)CC1.Cl. The molecule has 1 amide bonds. The van der Waals surface area contributed by atoms with Gasteiger partial charge in [0.05, 0.1) is 11.7 Å². The Morgan fingerprint density at radius 2 is 2.07 bits per heavy atom. The predicted molar refractivity (Wildman–Crippen MR) is 110 cm³/mol. The van der Waals surface area contributed by atoms with Gasteiger partial charge in [-0.1, -0.05) is 0 Å². The number of nitrogens with one attached hydrogen (secondary N) is 2. The van der Waals surface area contributed by atoms with Crippen LogP contribution in [0.15, 0.2) is 29.3 Å². The van der Waals surface area contributed by atoms with Crippen molar-refractivity contribution in [2.24, 2.45) is 0 Å². The minimum absolute atomic E-state index is 0. The van der Waals surface area contributed by atoms with Gasteiger partial charge in [0, 0.05) is 42.0 Å². The van der Waals surface area contributed by atoms with Crippen molar-refractivity contribution in [1.29, 1.82) is 0 Å². The zero-order valence-electron chi connectivity index (χ0n) is 16.2. The fourth-order valence-electron chi connectivity index (χ4n) is 4.33. The van der Waals surface area contributed by atoms with Gasteiger partial charge in [0.1, 0.15) is 5.82 Å². The van der Waals surface area contributed by atoms with E-state index in [2.05, 4.69) is 15.3 Å². The summed E-state index contributed by atoms with van der Waals surface area (Å²) in [6, 6.07) is 3.57. The molecule has 8 heteroatoms. The summed E-state index contributed by atoms with van der Waals surface area (Å²) in [6.07, 6.45) is 6.81. The van der Waals surface area contributed by atoms with Crippen LogP contribution in [-0.4, -0.2) is 51.9 Å². The summed E-state index contributed by atoms with van der Waals surface area (Å²) in [4.78, 5) is 38.9. The lowest BCUT2D eigenvalue weighted by molar-refractivity contribution is -0.134. The van der Waals surface area contributed by atoms with Crippen LogP contribution < -0.4 is 10.9 Å². The van der Waals surface area contributed by atoms with Gasteiger partial charge in [-0.05, 0) is 51.8 Å². The fourth-order valence-corrected chi connectivity index (χ4v) is 4.33. The average Bonchev–Trinajstić information content (AvgIpc) is 3.06. The second-order valence-electron chi connectivity index (χ2n) is 7.60. The Morgan fingerprint density at radius 3 is 2.71 bits per heavy atom. The number of hydrogen-bond donors (Lipinski definition) is 2. The Bertz CT molecular complexity index is 907. The number of piperidine rings is 1. The van der Waals surface area contributed by atoms with Crippen LogP contribution in [0.5, 0.6) is 0 Å². The third kappa shape index (κ3) is 3.44. The molecule has 1 aliphatic heterocycles. The lowest BCUT2D eigenvalue weighted by Crippen LogP contribution is -2.50. The van der Waals surface area contributed by atoms with Crippen LogP contribution >= 0.6 is 12.4 Å². The molecule has 4 rings (SSSR count). The molecular formula is C20H26ClN5O2. The molecule has 2 aromatic heterocycles. The van der Waals surface area contributed by atoms with Crippen LogP contribution in [0.25, 0.3) is 11.4 Å². The molecule has 1 spiro atoms. The number of likely N-dealkylation sites (tertiary alicyclic amines) is 1. The van der Waals surface area contributed by atoms with E-state index in [9.17, 15) is 9.59 Å². The van der Waals surface area contributed by atoms with Crippen molar-refractivity contribution in [2.75, 3.05) is 20.1 Å². The molecule has 28 heavy (non-hydrogen) atoms. The molecule has 2 aromatic rings. The van der Waals surface area contributed by atoms with Gasteiger partial charge in [-0.3, -0.25) is 14.6 Å². The minimum Gasteiger partial charge on any atom is -0.341 e. The highest BCUT2D eigenvalue weighted by Crippen LogP contribution is 2.44. The molecule has 1 aliphatic carbocycles. The van der Waals surface area contributed by atoms with E-state index >= 15 is 0 Å². The first-order valence-electron chi connectivity index (χ1n) is 9.54. The van der Waals surface area contributed by atoms with E-state index in [0.29, 0.717) is 18.9 Å². The van der Waals surface area contributed by atoms with Gasteiger partial charge in [0.25, 0.3) is 5.56 Å². The maximum atomic E-state index is 12.6. The Hall–Kier alpha value is -2.25. The van der Waals surface area contributed by atoms with Crippen LogP contribution in [0.4, 0.5) is 0 Å². The summed E-state index contributed by atoms with van der Waals surface area (Å²) in [5.41, 5.74) is 2.41. The highest BCUT2D eigenvalue weighted by molar-refractivity contribution is 5.85. The van der Waals surface area contributed by atoms with Gasteiger partial charge >= 0.3 is 0 Å². The monoisotopic (exact) mass is 403 g/mol. The van der Waals surface area contributed by atoms with E-state index in [-0.39, 0.29) is 35.3 Å². The Morgan fingerprint density at radius 1 is 1.32 bits per heavy atom. The van der Waals surface area contributed by atoms with Crippen molar-refractivity contribution in [3.8, 4) is 11.4 Å². The summed E-state index contributed by atoms with van der Waals surface area (Å²) in [5.74, 6) is 0.718. The first-order valence-corrected chi connectivity index (χ1v) is 9.54. The number of carbonyl (C=O) groups excluding carboxylic acids is 1. The third-order valence-electron chi connectivity index (χ3n) is 6.14. The van der Waals surface area contributed by atoms with E-state index in [1.165, 1.54) is 0 Å². The highest BCUT2D eigenvalue weighted by atomic mass is 35.5. The first kappa shape index (κ1) is 20.5. The molecule has 0 saturated carbocycles. The molecule has 0 unspecified atom stereocenters. The van der Waals surface area contributed by atoms with E-state index in [1.807, 2.05) is 24.0 Å². The van der Waals surface area contributed by atoms with Crippen molar-refractivity contribution in [3.05, 3.63) is 46.1 Å². The molecule has 3 heterocycles. The van der Waals surface area contributed by atoms with Crippen LogP contribution in [0.1, 0.15) is 37.4 Å². The molecule has 7 nitrogen and oxygen atoms in total. The number of rotatable bonds is 3. The van der Waals surface area contributed by atoms with Crippen LogP contribution in [-0.2, 0) is 16.6 Å². The maximum Gasteiger partial charge on any atom is 0.254 e. The zero-order valence-corrected chi connectivity index (χ0v) is 17.0. The number of nitrogens with zero attached hydrogens (tertiary/aromatic N) is 3. The summed E-state index contributed by atoms with van der Waals surface area (Å²) in [5, 5.41) is 3.02. The minimum atomic E-state index is -0.173. The number of aromatic nitrogens is 3. The van der Waals surface area contributed by atoms with Gasteiger partial charge < -0.3 is 15.2 Å². The smallest absolute Gasteiger partial charge is 0.254 e. The molecule has 1 atom stereocenters. The largest absolute Gasteiger partial charge is 0.341 e. The molecule has 2 aliphatic rings.